The molecule has 0 saturated carbocycles. The van der Waals surface area contributed by atoms with E-state index in [1.54, 1.807) is 19.2 Å². The number of aromatic nitrogens is 1. The number of anilines is 1. The van der Waals surface area contributed by atoms with Crippen molar-refractivity contribution < 1.29 is 14.3 Å². The molecule has 0 spiro atoms. The first-order chi connectivity index (χ1) is 15.2. The number of nitrogens with one attached hydrogen (secondary N) is 3. The number of nitrogens with zero attached hydrogens (tertiary/aromatic N) is 1. The van der Waals surface area contributed by atoms with Gasteiger partial charge in [-0.2, -0.15) is 0 Å². The van der Waals surface area contributed by atoms with Gasteiger partial charge in [-0.1, -0.05) is 30.3 Å². The second-order valence-electron chi connectivity index (χ2n) is 7.80. The van der Waals surface area contributed by atoms with Crippen LogP contribution >= 0.6 is 0 Å². The van der Waals surface area contributed by atoms with Gasteiger partial charge in [0.25, 0.3) is 0 Å². The Morgan fingerprint density at radius 1 is 1.06 bits per heavy atom. The van der Waals surface area contributed by atoms with E-state index in [4.69, 9.17) is 4.74 Å². The van der Waals surface area contributed by atoms with Crippen LogP contribution in [0.5, 0.6) is 5.75 Å². The van der Waals surface area contributed by atoms with Crippen LogP contribution in [0.1, 0.15) is 24.8 Å². The van der Waals surface area contributed by atoms with Gasteiger partial charge in [0.15, 0.2) is 0 Å². The third kappa shape index (κ3) is 4.82. The minimum absolute atomic E-state index is 0.0415. The van der Waals surface area contributed by atoms with E-state index in [-0.39, 0.29) is 5.91 Å². The van der Waals surface area contributed by atoms with Gasteiger partial charge in [0.1, 0.15) is 11.8 Å². The summed E-state index contributed by atoms with van der Waals surface area (Å²) < 4.78 is 5.31. The number of rotatable bonds is 6. The van der Waals surface area contributed by atoms with Crippen molar-refractivity contribution in [2.75, 3.05) is 25.5 Å². The molecule has 4 rings (SSSR count). The highest BCUT2D eigenvalue weighted by Gasteiger charge is 2.28. The zero-order valence-corrected chi connectivity index (χ0v) is 17.7. The maximum absolute atomic E-state index is 13.3. The van der Waals surface area contributed by atoms with Gasteiger partial charge in [-0.3, -0.25) is 4.79 Å². The van der Waals surface area contributed by atoms with Gasteiger partial charge < -0.3 is 25.3 Å². The Bertz CT molecular complexity index is 1060. The van der Waals surface area contributed by atoms with E-state index in [2.05, 4.69) is 15.6 Å². The van der Waals surface area contributed by atoms with Crippen LogP contribution in [0.25, 0.3) is 10.9 Å². The molecular formula is C24H28N4O3. The molecule has 1 aromatic heterocycles. The number of likely N-dealkylation sites (tertiary alicyclic amines) is 1. The van der Waals surface area contributed by atoms with Crippen LogP contribution in [0.3, 0.4) is 0 Å². The number of carbonyl (C=O) groups is 2. The van der Waals surface area contributed by atoms with E-state index >= 15 is 0 Å². The first-order valence-corrected chi connectivity index (χ1v) is 10.7. The highest BCUT2D eigenvalue weighted by molar-refractivity contribution is 5.95. The SMILES string of the molecule is COc1ccccc1NC(=O)NC(Cc1c[nH]c2ccccc12)C(=O)N1CCCCC1. The normalized spacial score (nSPS) is 14.8. The smallest absolute Gasteiger partial charge is 0.320 e. The fourth-order valence-electron chi connectivity index (χ4n) is 4.12. The quantitative estimate of drug-likeness (QED) is 0.565. The second kappa shape index (κ2) is 9.55. The summed E-state index contributed by atoms with van der Waals surface area (Å²) in [6.45, 7) is 1.47. The van der Waals surface area contributed by atoms with Crippen LogP contribution in [0.15, 0.2) is 54.7 Å². The van der Waals surface area contributed by atoms with Gasteiger partial charge in [0.2, 0.25) is 5.91 Å². The number of fused-ring (bicyclic) bond motifs is 1. The van der Waals surface area contributed by atoms with Crippen LogP contribution in [0.2, 0.25) is 0 Å². The molecule has 1 atom stereocenters. The van der Waals surface area contributed by atoms with Crippen LogP contribution in [0.4, 0.5) is 10.5 Å². The average Bonchev–Trinajstić information content (AvgIpc) is 3.22. The summed E-state index contributed by atoms with van der Waals surface area (Å²) in [7, 11) is 1.55. The lowest BCUT2D eigenvalue weighted by atomic mass is 10.0. The van der Waals surface area contributed by atoms with E-state index in [1.807, 2.05) is 47.5 Å². The zero-order valence-electron chi connectivity index (χ0n) is 17.7. The minimum atomic E-state index is -0.660. The van der Waals surface area contributed by atoms with Crippen molar-refractivity contribution in [3.05, 3.63) is 60.3 Å². The Labute approximate surface area is 181 Å². The number of hydrogen-bond acceptors (Lipinski definition) is 3. The number of methoxy groups -OCH3 is 1. The van der Waals surface area contributed by atoms with Crippen LogP contribution < -0.4 is 15.4 Å². The first kappa shape index (κ1) is 20.8. The van der Waals surface area contributed by atoms with E-state index in [1.165, 1.54) is 0 Å². The van der Waals surface area contributed by atoms with Crippen LogP contribution in [0, 0.1) is 0 Å². The van der Waals surface area contributed by atoms with Gasteiger partial charge >= 0.3 is 6.03 Å². The number of aromatic amines is 1. The Hall–Kier alpha value is -3.48. The monoisotopic (exact) mass is 420 g/mol. The number of para-hydroxylation sites is 3. The molecule has 1 aliphatic heterocycles. The fourth-order valence-corrected chi connectivity index (χ4v) is 4.12. The van der Waals surface area contributed by atoms with Crippen molar-refractivity contribution >= 4 is 28.5 Å². The summed E-state index contributed by atoms with van der Waals surface area (Å²) in [4.78, 5) is 31.3. The molecule has 1 aliphatic rings. The van der Waals surface area contributed by atoms with Crippen molar-refractivity contribution in [2.24, 2.45) is 0 Å². The Morgan fingerprint density at radius 3 is 2.61 bits per heavy atom. The molecule has 7 heteroatoms. The Morgan fingerprint density at radius 2 is 1.81 bits per heavy atom. The number of amides is 3. The molecule has 1 saturated heterocycles. The van der Waals surface area contributed by atoms with Gasteiger partial charge in [-0.15, -0.1) is 0 Å². The molecule has 1 unspecified atom stereocenters. The first-order valence-electron chi connectivity index (χ1n) is 10.7. The number of hydrogen-bond donors (Lipinski definition) is 3. The molecular weight excluding hydrogens is 392 g/mol. The van der Waals surface area contributed by atoms with Crippen molar-refractivity contribution in [2.45, 2.75) is 31.7 Å². The summed E-state index contributed by atoms with van der Waals surface area (Å²) in [5, 5.41) is 6.78. The fraction of sp³-hybridized carbons (Fsp3) is 0.333. The highest BCUT2D eigenvalue weighted by atomic mass is 16.5. The number of benzene rings is 2. The number of ether oxygens (including phenoxy) is 1. The Balaban J connectivity index is 1.54. The third-order valence-electron chi connectivity index (χ3n) is 5.73. The summed E-state index contributed by atoms with van der Waals surface area (Å²) in [5.74, 6) is 0.522. The predicted octanol–water partition coefficient (Wildman–Crippen LogP) is 3.92. The van der Waals surface area contributed by atoms with Crippen LogP contribution in [-0.2, 0) is 11.2 Å². The molecule has 3 amide bonds. The number of piperidine rings is 1. The van der Waals surface area contributed by atoms with E-state index < -0.39 is 12.1 Å². The predicted molar refractivity (Wildman–Crippen MR) is 121 cm³/mol. The molecule has 2 aromatic carbocycles. The number of H-pyrrole nitrogens is 1. The summed E-state index contributed by atoms with van der Waals surface area (Å²) in [6.07, 6.45) is 5.47. The third-order valence-corrected chi connectivity index (χ3v) is 5.73. The molecule has 0 radical (unpaired) electrons. The van der Waals surface area contributed by atoms with Gasteiger partial charge in [-0.05, 0) is 43.0 Å². The number of carbonyl (C=O) groups excluding carboxylic acids is 2. The Kier molecular flexibility index (Phi) is 6.40. The van der Waals surface area contributed by atoms with E-state index in [0.29, 0.717) is 17.9 Å². The molecule has 2 heterocycles. The molecule has 3 aromatic rings. The molecule has 162 valence electrons. The maximum Gasteiger partial charge on any atom is 0.320 e. The molecule has 7 nitrogen and oxygen atoms in total. The van der Waals surface area contributed by atoms with Gasteiger partial charge in [0.05, 0.1) is 12.8 Å². The van der Waals surface area contributed by atoms with Gasteiger partial charge in [0, 0.05) is 36.6 Å². The molecule has 0 bridgehead atoms. The second-order valence-corrected chi connectivity index (χ2v) is 7.80. The minimum Gasteiger partial charge on any atom is -0.495 e. The lowest BCUT2D eigenvalue weighted by Crippen LogP contribution is -2.52. The molecule has 31 heavy (non-hydrogen) atoms. The standard InChI is InChI=1S/C24H28N4O3/c1-31-22-12-6-5-11-20(22)26-24(30)27-21(23(29)28-13-7-2-8-14-28)15-17-16-25-19-10-4-3-9-18(17)19/h3-6,9-12,16,21,25H,2,7-8,13-15H2,1H3,(H2,26,27,30). The molecule has 3 N–H and O–H groups in total. The lowest BCUT2D eigenvalue weighted by Gasteiger charge is -2.30. The average molecular weight is 421 g/mol. The van der Waals surface area contributed by atoms with Crippen molar-refractivity contribution in [3.8, 4) is 5.75 Å². The largest absolute Gasteiger partial charge is 0.495 e. The topological polar surface area (TPSA) is 86.5 Å². The van der Waals surface area contributed by atoms with E-state index in [9.17, 15) is 9.59 Å². The van der Waals surface area contributed by atoms with E-state index in [0.717, 1.165) is 48.8 Å². The molecule has 0 aliphatic carbocycles. The molecule has 1 fully saturated rings. The summed E-state index contributed by atoms with van der Waals surface area (Å²) >= 11 is 0. The van der Waals surface area contributed by atoms with Crippen molar-refractivity contribution in [3.63, 3.8) is 0 Å². The maximum atomic E-state index is 13.3. The van der Waals surface area contributed by atoms with Crippen molar-refractivity contribution in [1.29, 1.82) is 0 Å². The highest BCUT2D eigenvalue weighted by Crippen LogP contribution is 2.23. The summed E-state index contributed by atoms with van der Waals surface area (Å²) in [6, 6.07) is 14.1. The zero-order chi connectivity index (χ0) is 21.6. The summed E-state index contributed by atoms with van der Waals surface area (Å²) in [5.41, 5.74) is 2.57. The number of urea groups is 1. The lowest BCUT2D eigenvalue weighted by molar-refractivity contribution is -0.134. The van der Waals surface area contributed by atoms with Crippen molar-refractivity contribution in [1.82, 2.24) is 15.2 Å². The van der Waals surface area contributed by atoms with Crippen LogP contribution in [-0.4, -0.2) is 48.1 Å². The van der Waals surface area contributed by atoms with Gasteiger partial charge in [-0.25, -0.2) is 4.79 Å².